The zero-order valence-corrected chi connectivity index (χ0v) is 12.1. The maximum absolute atomic E-state index is 11.9. The molecule has 2 rings (SSSR count). The van der Waals surface area contributed by atoms with Gasteiger partial charge in [-0.05, 0) is 18.8 Å². The second-order valence-corrected chi connectivity index (χ2v) is 7.04. The van der Waals surface area contributed by atoms with Gasteiger partial charge in [-0.2, -0.15) is 0 Å². The first kappa shape index (κ1) is 15.0. The summed E-state index contributed by atoms with van der Waals surface area (Å²) in [7, 11) is -3.26. The zero-order valence-electron chi connectivity index (χ0n) is 11.3. The summed E-state index contributed by atoms with van der Waals surface area (Å²) in [5.41, 5.74) is 5.12. The standard InChI is InChI=1S/C12H20N4O3S/c13-10-7-12(17)16-11(15-10)5-6-14-20(18,19)8-9-3-1-2-4-9/h7,9,14H,1-6,8H2,(H3,13,15,16,17). The Labute approximate surface area is 118 Å². The molecule has 112 valence electrons. The van der Waals surface area contributed by atoms with Crippen LogP contribution in [-0.4, -0.2) is 30.7 Å². The quantitative estimate of drug-likeness (QED) is 0.683. The number of aromatic nitrogens is 2. The van der Waals surface area contributed by atoms with Crippen molar-refractivity contribution in [1.82, 2.24) is 14.7 Å². The fourth-order valence-electron chi connectivity index (χ4n) is 2.52. The summed E-state index contributed by atoms with van der Waals surface area (Å²) in [4.78, 5) is 17.7. The monoisotopic (exact) mass is 300 g/mol. The molecule has 0 radical (unpaired) electrons. The van der Waals surface area contributed by atoms with Crippen LogP contribution in [0.4, 0.5) is 5.82 Å². The van der Waals surface area contributed by atoms with Crippen molar-refractivity contribution < 1.29 is 8.42 Å². The topological polar surface area (TPSA) is 118 Å². The Kier molecular flexibility index (Phi) is 4.77. The van der Waals surface area contributed by atoms with Crippen LogP contribution in [0.3, 0.4) is 0 Å². The van der Waals surface area contributed by atoms with Gasteiger partial charge in [0.05, 0.1) is 5.75 Å². The Morgan fingerprint density at radius 3 is 2.75 bits per heavy atom. The van der Waals surface area contributed by atoms with Crippen LogP contribution in [0.15, 0.2) is 10.9 Å². The van der Waals surface area contributed by atoms with Crippen LogP contribution in [0.25, 0.3) is 0 Å². The number of H-pyrrole nitrogens is 1. The number of nitrogens with zero attached hydrogens (tertiary/aromatic N) is 1. The molecule has 0 amide bonds. The van der Waals surface area contributed by atoms with Gasteiger partial charge in [-0.3, -0.25) is 4.79 Å². The highest BCUT2D eigenvalue weighted by molar-refractivity contribution is 7.89. The molecule has 1 aromatic heterocycles. The maximum atomic E-state index is 11.9. The van der Waals surface area contributed by atoms with E-state index in [2.05, 4.69) is 14.7 Å². The minimum Gasteiger partial charge on any atom is -0.383 e. The van der Waals surface area contributed by atoms with Crippen LogP contribution in [0, 0.1) is 5.92 Å². The molecule has 0 aliphatic heterocycles. The van der Waals surface area contributed by atoms with E-state index in [4.69, 9.17) is 5.73 Å². The van der Waals surface area contributed by atoms with Crippen LogP contribution in [0.2, 0.25) is 0 Å². The number of rotatable bonds is 6. The maximum Gasteiger partial charge on any atom is 0.252 e. The van der Waals surface area contributed by atoms with E-state index >= 15 is 0 Å². The van der Waals surface area contributed by atoms with Crippen molar-refractivity contribution in [3.8, 4) is 0 Å². The molecule has 0 atom stereocenters. The molecule has 0 unspecified atom stereocenters. The summed E-state index contributed by atoms with van der Waals surface area (Å²) in [5.74, 6) is 0.988. The van der Waals surface area contributed by atoms with Crippen molar-refractivity contribution in [3.05, 3.63) is 22.2 Å². The molecule has 0 aromatic carbocycles. The smallest absolute Gasteiger partial charge is 0.252 e. The van der Waals surface area contributed by atoms with E-state index in [-0.39, 0.29) is 29.6 Å². The highest BCUT2D eigenvalue weighted by Crippen LogP contribution is 2.25. The van der Waals surface area contributed by atoms with E-state index in [1.54, 1.807) is 0 Å². The van der Waals surface area contributed by atoms with Gasteiger partial charge in [-0.15, -0.1) is 0 Å². The number of nitrogens with one attached hydrogen (secondary N) is 2. The molecule has 7 nitrogen and oxygen atoms in total. The van der Waals surface area contributed by atoms with Gasteiger partial charge in [-0.1, -0.05) is 12.8 Å². The van der Waals surface area contributed by atoms with Crippen LogP contribution in [-0.2, 0) is 16.4 Å². The van der Waals surface area contributed by atoms with E-state index in [0.29, 0.717) is 12.2 Å². The predicted molar refractivity (Wildman–Crippen MR) is 76.7 cm³/mol. The molecule has 1 aromatic rings. The molecule has 1 fully saturated rings. The Morgan fingerprint density at radius 1 is 1.40 bits per heavy atom. The predicted octanol–water partition coefficient (Wildman–Crippen LogP) is 0.00420. The van der Waals surface area contributed by atoms with E-state index in [1.807, 2.05) is 0 Å². The fraction of sp³-hybridized carbons (Fsp3) is 0.667. The summed E-state index contributed by atoms with van der Waals surface area (Å²) in [5, 5.41) is 0. The minimum absolute atomic E-state index is 0.137. The van der Waals surface area contributed by atoms with Crippen LogP contribution < -0.4 is 16.0 Å². The molecular formula is C12H20N4O3S. The van der Waals surface area contributed by atoms with Gasteiger partial charge in [0.2, 0.25) is 10.0 Å². The third kappa shape index (κ3) is 4.61. The van der Waals surface area contributed by atoms with Gasteiger partial charge < -0.3 is 10.7 Å². The fourth-order valence-corrected chi connectivity index (χ4v) is 4.00. The first-order valence-electron chi connectivity index (χ1n) is 6.78. The SMILES string of the molecule is Nc1cc(=O)[nH]c(CCNS(=O)(=O)CC2CCCC2)n1. The lowest BCUT2D eigenvalue weighted by molar-refractivity contribution is 0.547. The Morgan fingerprint density at radius 2 is 2.10 bits per heavy atom. The van der Waals surface area contributed by atoms with Gasteiger partial charge >= 0.3 is 0 Å². The number of aromatic amines is 1. The van der Waals surface area contributed by atoms with Crippen molar-refractivity contribution in [3.63, 3.8) is 0 Å². The van der Waals surface area contributed by atoms with Crippen molar-refractivity contribution >= 4 is 15.8 Å². The van der Waals surface area contributed by atoms with Crippen molar-refractivity contribution in [2.24, 2.45) is 5.92 Å². The molecular weight excluding hydrogens is 280 g/mol. The molecule has 1 aliphatic rings. The molecule has 0 saturated heterocycles. The molecule has 20 heavy (non-hydrogen) atoms. The van der Waals surface area contributed by atoms with Gasteiger partial charge in [0.15, 0.2) is 0 Å². The van der Waals surface area contributed by atoms with E-state index < -0.39 is 10.0 Å². The van der Waals surface area contributed by atoms with Gasteiger partial charge in [0, 0.05) is 19.0 Å². The summed E-state index contributed by atoms with van der Waals surface area (Å²) >= 11 is 0. The lowest BCUT2D eigenvalue weighted by Crippen LogP contribution is -2.31. The molecule has 0 bridgehead atoms. The van der Waals surface area contributed by atoms with Crippen molar-refractivity contribution in [2.45, 2.75) is 32.1 Å². The molecule has 0 spiro atoms. The van der Waals surface area contributed by atoms with Crippen LogP contribution in [0.5, 0.6) is 0 Å². The zero-order chi connectivity index (χ0) is 14.6. The number of anilines is 1. The highest BCUT2D eigenvalue weighted by Gasteiger charge is 2.22. The lowest BCUT2D eigenvalue weighted by Gasteiger charge is -2.10. The number of sulfonamides is 1. The largest absolute Gasteiger partial charge is 0.383 e. The summed E-state index contributed by atoms with van der Waals surface area (Å²) in [6, 6.07) is 1.19. The molecule has 1 heterocycles. The van der Waals surface area contributed by atoms with Gasteiger partial charge in [-0.25, -0.2) is 18.1 Å². The van der Waals surface area contributed by atoms with E-state index in [0.717, 1.165) is 25.7 Å². The van der Waals surface area contributed by atoms with Gasteiger partial charge in [0.1, 0.15) is 11.6 Å². The van der Waals surface area contributed by atoms with Crippen LogP contribution in [0.1, 0.15) is 31.5 Å². The number of nitrogen functional groups attached to an aromatic ring is 1. The number of hydrogen-bond acceptors (Lipinski definition) is 5. The van der Waals surface area contributed by atoms with E-state index in [1.165, 1.54) is 6.07 Å². The molecule has 1 saturated carbocycles. The average Bonchev–Trinajstić information content (AvgIpc) is 2.79. The third-order valence-electron chi connectivity index (χ3n) is 3.42. The van der Waals surface area contributed by atoms with Gasteiger partial charge in [0.25, 0.3) is 5.56 Å². The average molecular weight is 300 g/mol. The minimum atomic E-state index is -3.26. The first-order valence-corrected chi connectivity index (χ1v) is 8.43. The first-order chi connectivity index (χ1) is 9.44. The van der Waals surface area contributed by atoms with Crippen molar-refractivity contribution in [2.75, 3.05) is 18.0 Å². The highest BCUT2D eigenvalue weighted by atomic mass is 32.2. The molecule has 1 aliphatic carbocycles. The molecule has 8 heteroatoms. The lowest BCUT2D eigenvalue weighted by atomic mass is 10.1. The second kappa shape index (κ2) is 6.36. The summed E-state index contributed by atoms with van der Waals surface area (Å²) in [6.07, 6.45) is 4.53. The normalized spacial score (nSPS) is 16.6. The van der Waals surface area contributed by atoms with Crippen molar-refractivity contribution in [1.29, 1.82) is 0 Å². The van der Waals surface area contributed by atoms with E-state index in [9.17, 15) is 13.2 Å². The molecule has 4 N–H and O–H groups in total. The Balaban J connectivity index is 1.83. The Hall–Kier alpha value is -1.41. The third-order valence-corrected chi connectivity index (χ3v) is 4.98. The van der Waals surface area contributed by atoms with Crippen LogP contribution >= 0.6 is 0 Å². The number of hydrogen-bond donors (Lipinski definition) is 3. The number of nitrogens with two attached hydrogens (primary N) is 1. The Bertz CT molecular complexity index is 605. The second-order valence-electron chi connectivity index (χ2n) is 5.19. The summed E-state index contributed by atoms with van der Waals surface area (Å²) < 4.78 is 26.3. The summed E-state index contributed by atoms with van der Waals surface area (Å²) in [6.45, 7) is 0.210.